The third-order valence-corrected chi connectivity index (χ3v) is 4.54. The zero-order chi connectivity index (χ0) is 18.7. The van der Waals surface area contributed by atoms with E-state index in [1.54, 1.807) is 7.11 Å². The number of methoxy groups -OCH3 is 1. The number of aromatic nitrogens is 1. The van der Waals surface area contributed by atoms with Gasteiger partial charge in [-0.05, 0) is 73.9 Å². The molecule has 3 aromatic rings. The molecule has 0 amide bonds. The highest BCUT2D eigenvalue weighted by Gasteiger charge is 2.15. The van der Waals surface area contributed by atoms with Gasteiger partial charge in [-0.15, -0.1) is 0 Å². The van der Waals surface area contributed by atoms with Crippen molar-refractivity contribution in [3.8, 4) is 22.7 Å². The van der Waals surface area contributed by atoms with Crippen LogP contribution in [0.15, 0.2) is 54.6 Å². The summed E-state index contributed by atoms with van der Waals surface area (Å²) in [5.74, 6) is 0.0221. The minimum absolute atomic E-state index is 0.108. The quantitative estimate of drug-likeness (QED) is 0.696. The maximum atomic E-state index is 11.1. The van der Waals surface area contributed by atoms with Gasteiger partial charge in [0.2, 0.25) is 0 Å². The number of ether oxygens (including phenoxy) is 1. The highest BCUT2D eigenvalue weighted by molar-refractivity contribution is 5.68. The Hall–Kier alpha value is -3.01. The zero-order valence-corrected chi connectivity index (χ0v) is 15.3. The first-order valence-electron chi connectivity index (χ1n) is 8.64. The lowest BCUT2D eigenvalue weighted by Gasteiger charge is -2.17. The average molecular weight is 349 g/mol. The van der Waals surface area contributed by atoms with E-state index in [0.717, 1.165) is 34.0 Å². The summed E-state index contributed by atoms with van der Waals surface area (Å²) < 4.78 is 7.42. The highest BCUT2D eigenvalue weighted by atomic mass is 16.5. The molecule has 0 fully saturated rings. The average Bonchev–Trinajstić information content (AvgIpc) is 3.03. The van der Waals surface area contributed by atoms with Gasteiger partial charge in [0.1, 0.15) is 5.75 Å². The van der Waals surface area contributed by atoms with E-state index in [4.69, 9.17) is 9.84 Å². The summed E-state index contributed by atoms with van der Waals surface area (Å²) in [6, 6.07) is 18.3. The van der Waals surface area contributed by atoms with Gasteiger partial charge in [-0.25, -0.2) is 0 Å². The van der Waals surface area contributed by atoms with Gasteiger partial charge in [0.25, 0.3) is 0 Å². The summed E-state index contributed by atoms with van der Waals surface area (Å²) in [6.45, 7) is 4.16. The lowest BCUT2D eigenvalue weighted by molar-refractivity contribution is -0.136. The smallest absolute Gasteiger partial charge is 0.303 e. The molecule has 1 heterocycles. The third kappa shape index (κ3) is 3.64. The fourth-order valence-corrected chi connectivity index (χ4v) is 3.24. The molecular weight excluding hydrogens is 326 g/mol. The topological polar surface area (TPSA) is 51.5 Å². The first-order valence-corrected chi connectivity index (χ1v) is 8.64. The Bertz CT molecular complexity index is 923. The van der Waals surface area contributed by atoms with Crippen molar-refractivity contribution in [1.29, 1.82) is 0 Å². The maximum Gasteiger partial charge on any atom is 0.303 e. The van der Waals surface area contributed by atoms with E-state index in [9.17, 15) is 4.79 Å². The predicted molar refractivity (Wildman–Crippen MR) is 103 cm³/mol. The van der Waals surface area contributed by atoms with E-state index >= 15 is 0 Å². The van der Waals surface area contributed by atoms with Crippen molar-refractivity contribution < 1.29 is 14.6 Å². The predicted octanol–water partition coefficient (Wildman–Crippen LogP) is 4.79. The van der Waals surface area contributed by atoms with Crippen molar-refractivity contribution >= 4 is 5.97 Å². The Morgan fingerprint density at radius 2 is 1.77 bits per heavy atom. The number of aryl methyl sites for hydroxylation is 3. The van der Waals surface area contributed by atoms with Crippen molar-refractivity contribution in [3.05, 3.63) is 71.4 Å². The van der Waals surface area contributed by atoms with Crippen LogP contribution in [-0.2, 0) is 11.2 Å². The largest absolute Gasteiger partial charge is 0.497 e. The van der Waals surface area contributed by atoms with Crippen molar-refractivity contribution in [2.75, 3.05) is 7.11 Å². The van der Waals surface area contributed by atoms with Gasteiger partial charge in [0.05, 0.1) is 19.2 Å². The summed E-state index contributed by atoms with van der Waals surface area (Å²) in [5.41, 5.74) is 6.54. The molecule has 0 aliphatic rings. The van der Waals surface area contributed by atoms with Crippen molar-refractivity contribution in [2.24, 2.45) is 0 Å². The number of benzene rings is 2. The van der Waals surface area contributed by atoms with Crippen LogP contribution < -0.4 is 4.74 Å². The maximum absolute atomic E-state index is 11.1. The highest BCUT2D eigenvalue weighted by Crippen LogP contribution is 2.30. The van der Waals surface area contributed by atoms with E-state index in [1.807, 2.05) is 30.3 Å². The van der Waals surface area contributed by atoms with Gasteiger partial charge in [-0.1, -0.05) is 17.7 Å². The lowest BCUT2D eigenvalue weighted by Crippen LogP contribution is -2.06. The molecule has 0 saturated heterocycles. The molecule has 134 valence electrons. The third-order valence-electron chi connectivity index (χ3n) is 4.54. The van der Waals surface area contributed by atoms with Crippen LogP contribution in [0.1, 0.15) is 23.2 Å². The van der Waals surface area contributed by atoms with Crippen molar-refractivity contribution in [3.63, 3.8) is 0 Å². The minimum Gasteiger partial charge on any atom is -0.497 e. The Morgan fingerprint density at radius 3 is 2.38 bits per heavy atom. The standard InChI is InChI=1S/C22H23NO3/c1-15-4-11-20(16(2)14-15)23-18(8-13-22(24)25)7-12-21(23)17-5-9-19(26-3)10-6-17/h4-7,9-12,14H,8,13H2,1-3H3,(H,24,25). The second-order valence-electron chi connectivity index (χ2n) is 6.46. The Labute approximate surface area is 153 Å². The number of hydrogen-bond donors (Lipinski definition) is 1. The number of carboxylic acid groups (broad SMARTS) is 1. The molecule has 0 radical (unpaired) electrons. The SMILES string of the molecule is COc1ccc(-c2ccc(CCC(=O)O)n2-c2ccc(C)cc2C)cc1. The van der Waals surface area contributed by atoms with E-state index in [0.29, 0.717) is 6.42 Å². The molecule has 1 aromatic heterocycles. The molecule has 0 saturated carbocycles. The van der Waals surface area contributed by atoms with Gasteiger partial charge >= 0.3 is 5.97 Å². The van der Waals surface area contributed by atoms with Crippen LogP contribution in [0.5, 0.6) is 5.75 Å². The van der Waals surface area contributed by atoms with Gasteiger partial charge in [-0.2, -0.15) is 0 Å². The minimum atomic E-state index is -0.788. The number of rotatable bonds is 6. The van der Waals surface area contributed by atoms with Gasteiger partial charge in [0.15, 0.2) is 0 Å². The Balaban J connectivity index is 2.13. The molecule has 26 heavy (non-hydrogen) atoms. The molecule has 0 atom stereocenters. The fraction of sp³-hybridized carbons (Fsp3) is 0.227. The van der Waals surface area contributed by atoms with E-state index in [1.165, 1.54) is 5.56 Å². The van der Waals surface area contributed by atoms with E-state index in [-0.39, 0.29) is 6.42 Å². The number of nitrogens with zero attached hydrogens (tertiary/aromatic N) is 1. The monoisotopic (exact) mass is 349 g/mol. The van der Waals surface area contributed by atoms with Gasteiger partial charge < -0.3 is 14.4 Å². The summed E-state index contributed by atoms with van der Waals surface area (Å²) in [4.78, 5) is 11.1. The Morgan fingerprint density at radius 1 is 1.04 bits per heavy atom. The molecule has 0 bridgehead atoms. The molecule has 0 spiro atoms. The van der Waals surface area contributed by atoms with Crippen molar-refractivity contribution in [2.45, 2.75) is 26.7 Å². The fourth-order valence-electron chi connectivity index (χ4n) is 3.24. The molecule has 4 heteroatoms. The number of aliphatic carboxylic acids is 1. The van der Waals surface area contributed by atoms with Crippen molar-refractivity contribution in [1.82, 2.24) is 4.57 Å². The van der Waals surface area contributed by atoms with Crippen LogP contribution in [-0.4, -0.2) is 22.8 Å². The van der Waals surface area contributed by atoms with Crippen LogP contribution in [0, 0.1) is 13.8 Å². The zero-order valence-electron chi connectivity index (χ0n) is 15.3. The van der Waals surface area contributed by atoms with Gasteiger partial charge in [0, 0.05) is 11.4 Å². The molecule has 1 N–H and O–H groups in total. The molecule has 0 aliphatic heterocycles. The summed E-state index contributed by atoms with van der Waals surface area (Å²) >= 11 is 0. The number of hydrogen-bond acceptors (Lipinski definition) is 2. The Kier molecular flexibility index (Phi) is 5.12. The van der Waals surface area contributed by atoms with Gasteiger partial charge in [-0.3, -0.25) is 4.79 Å². The molecule has 4 nitrogen and oxygen atoms in total. The van der Waals surface area contributed by atoms with E-state index in [2.05, 4.69) is 42.7 Å². The molecule has 0 unspecified atom stereocenters. The molecular formula is C22H23NO3. The normalized spacial score (nSPS) is 10.7. The first-order chi connectivity index (χ1) is 12.5. The lowest BCUT2D eigenvalue weighted by atomic mass is 10.1. The molecule has 2 aromatic carbocycles. The van der Waals surface area contributed by atoms with E-state index < -0.39 is 5.97 Å². The molecule has 0 aliphatic carbocycles. The van der Waals surface area contributed by atoms with Crippen LogP contribution in [0.3, 0.4) is 0 Å². The number of carbonyl (C=O) groups is 1. The van der Waals surface area contributed by atoms with Crippen LogP contribution in [0.2, 0.25) is 0 Å². The van der Waals surface area contributed by atoms with Crippen LogP contribution >= 0.6 is 0 Å². The number of carboxylic acids is 1. The van der Waals surface area contributed by atoms with Crippen LogP contribution in [0.4, 0.5) is 0 Å². The second kappa shape index (κ2) is 7.48. The van der Waals surface area contributed by atoms with Crippen LogP contribution in [0.25, 0.3) is 16.9 Å². The summed E-state index contributed by atoms with van der Waals surface area (Å²) in [5, 5.41) is 9.09. The summed E-state index contributed by atoms with van der Waals surface area (Å²) in [7, 11) is 1.65. The molecule has 3 rings (SSSR count). The second-order valence-corrected chi connectivity index (χ2v) is 6.46. The summed E-state index contributed by atoms with van der Waals surface area (Å²) in [6.07, 6.45) is 0.593. The first kappa shape index (κ1) is 17.8.